The highest BCUT2D eigenvalue weighted by Crippen LogP contribution is 2.66. The molecule has 19 heteroatoms. The zero-order valence-corrected chi connectivity index (χ0v) is 48.8. The van der Waals surface area contributed by atoms with Gasteiger partial charge in [-0.05, 0) is 70.9 Å². The Balaban J connectivity index is 1.48. The van der Waals surface area contributed by atoms with E-state index >= 15 is 9.59 Å². The Kier molecular flexibility index (Phi) is 18.2. The smallest absolute Gasteiger partial charge is 0.338 e. The second-order valence-electron chi connectivity index (χ2n) is 23.5. The van der Waals surface area contributed by atoms with Gasteiger partial charge in [0.1, 0.15) is 35.4 Å². The molecule has 0 radical (unpaired) electrons. The number of benzene rings is 3. The van der Waals surface area contributed by atoms with Crippen LogP contribution in [0.15, 0.2) is 102 Å². The lowest BCUT2D eigenvalue weighted by Crippen LogP contribution is -2.81. The highest BCUT2D eigenvalue weighted by Gasteiger charge is 2.79. The first-order valence-corrected chi connectivity index (χ1v) is 29.6. The fraction of sp³-hybridized carbons (Fsp3) is 0.541. The van der Waals surface area contributed by atoms with Gasteiger partial charge in [0.2, 0.25) is 8.32 Å². The first kappa shape index (κ1) is 61.1. The van der Waals surface area contributed by atoms with Gasteiger partial charge in [-0.2, -0.15) is 0 Å². The molecule has 1 amide bonds. The molecule has 18 nitrogen and oxygen atoms in total. The Morgan fingerprint density at radius 1 is 0.775 bits per heavy atom. The number of Topliss-reactive ketones (excluding diaryl/α,β-unsaturated/α-hetero) is 2. The van der Waals surface area contributed by atoms with Crippen molar-refractivity contribution >= 4 is 55.6 Å². The standard InChI is InChI=1S/C61H77NO17Si/c1-34(2)80(35(3)4,36(5)6)79-52(50(40-22-16-13-17-23-40)62-47(66)32-73-42-26-20-15-21-27-42)57(71)76-45-31-61(72)55(77-56(70)41-24-18-14-19-25-41)53-59(12,54(69)51(75-38(8)63)49(37(45)7)58(61,10)11)43(44(65)28-29-48(67)68)30-46-60(53,33-74-46)78-39(9)64/h13-27,34-36,43,45-46,50-53,55,72H,28-33H2,1-12H3,(H,62,66)(H,67,68)/t43-,45+,46-,50+,51-,52-,53+,55+,59-,60+,61-/m1/s1. The number of aliphatic carboxylic acids is 1. The molecule has 3 N–H and O–H groups in total. The Morgan fingerprint density at radius 2 is 1.35 bits per heavy atom. The van der Waals surface area contributed by atoms with Crippen LogP contribution in [0.3, 0.4) is 0 Å². The third kappa shape index (κ3) is 11.3. The third-order valence-corrected chi connectivity index (χ3v) is 23.7. The minimum absolute atomic E-state index is 0.0247. The summed E-state index contributed by atoms with van der Waals surface area (Å²) in [5, 5.41) is 27.2. The summed E-state index contributed by atoms with van der Waals surface area (Å²) in [6, 6.07) is 24.1. The summed E-state index contributed by atoms with van der Waals surface area (Å²) < 4.78 is 45.2. The van der Waals surface area contributed by atoms with Gasteiger partial charge in [0.25, 0.3) is 5.91 Å². The lowest BCUT2D eigenvalue weighted by atomic mass is 9.42. The van der Waals surface area contributed by atoms with E-state index in [0.717, 1.165) is 13.8 Å². The average molecular weight is 1120 g/mol. The number of rotatable bonds is 21. The molecule has 0 spiro atoms. The van der Waals surface area contributed by atoms with Gasteiger partial charge in [0, 0.05) is 38.0 Å². The SMILES string of the molecule is CC(=O)O[C@H]1C(=O)[C@]2(C)[C@@H](C(=O)CCC(=O)O)C[C@H]3OC[C@@]3(OC(C)=O)[C@H]2[C@H](OC(=O)c2ccccc2)[C@]2(O)C[C@H](OC(=O)[C@H](O[Si](C(C)C)(C(C)C)C(C)C)[C@@H](NC(=O)COc3ccccc3)c3ccccc3)C(C)=C1C2(C)C. The van der Waals surface area contributed by atoms with E-state index in [0.29, 0.717) is 11.3 Å². The lowest BCUT2D eigenvalue weighted by Gasteiger charge is -2.68. The lowest BCUT2D eigenvalue weighted by molar-refractivity contribution is -0.339. The van der Waals surface area contributed by atoms with Crippen molar-refractivity contribution in [1.29, 1.82) is 0 Å². The zero-order valence-electron chi connectivity index (χ0n) is 47.8. The van der Waals surface area contributed by atoms with Gasteiger partial charge in [-0.15, -0.1) is 0 Å². The first-order chi connectivity index (χ1) is 37.6. The van der Waals surface area contributed by atoms with Crippen LogP contribution < -0.4 is 10.1 Å². The molecule has 0 unspecified atom stereocenters. The molecule has 1 heterocycles. The van der Waals surface area contributed by atoms with Gasteiger partial charge in [-0.25, -0.2) is 9.59 Å². The van der Waals surface area contributed by atoms with Crippen molar-refractivity contribution < 1.29 is 81.4 Å². The number of ether oxygens (including phenoxy) is 6. The van der Waals surface area contributed by atoms with Gasteiger partial charge in [-0.3, -0.25) is 28.8 Å². The summed E-state index contributed by atoms with van der Waals surface area (Å²) >= 11 is 0. The molecule has 1 aliphatic heterocycles. The molecule has 3 aromatic rings. The van der Waals surface area contributed by atoms with Crippen molar-refractivity contribution in [3.63, 3.8) is 0 Å². The number of carboxylic acids is 1. The van der Waals surface area contributed by atoms with Crippen molar-refractivity contribution in [1.82, 2.24) is 5.32 Å². The molecule has 3 fully saturated rings. The van der Waals surface area contributed by atoms with Crippen LogP contribution in [-0.4, -0.2) is 121 Å². The highest BCUT2D eigenvalue weighted by molar-refractivity contribution is 6.77. The topological polar surface area (TPSA) is 254 Å². The van der Waals surface area contributed by atoms with Gasteiger partial charge in [-0.1, -0.05) is 129 Å². The summed E-state index contributed by atoms with van der Waals surface area (Å²) in [5.41, 5.74) is -8.02. The number of hydrogen-bond donors (Lipinski definition) is 3. The van der Waals surface area contributed by atoms with Crippen molar-refractivity contribution in [2.45, 2.75) is 173 Å². The maximum atomic E-state index is 16.4. The molecule has 0 aromatic heterocycles. The largest absolute Gasteiger partial charge is 0.484 e. The predicted molar refractivity (Wildman–Crippen MR) is 293 cm³/mol. The summed E-state index contributed by atoms with van der Waals surface area (Å²) in [4.78, 5) is 115. The van der Waals surface area contributed by atoms with E-state index in [1.807, 2.05) is 47.6 Å². The van der Waals surface area contributed by atoms with E-state index in [-0.39, 0.29) is 39.8 Å². The second-order valence-corrected chi connectivity index (χ2v) is 28.9. The molecular weight excluding hydrogens is 1050 g/mol. The Morgan fingerprint density at radius 3 is 1.88 bits per heavy atom. The number of carbonyl (C=O) groups is 8. The molecule has 11 atom stereocenters. The van der Waals surface area contributed by atoms with E-state index < -0.39 is 159 Å². The number of amides is 1. The minimum atomic E-state index is -3.13. The number of carbonyl (C=O) groups excluding carboxylic acids is 7. The Hall–Kier alpha value is -6.54. The number of ketones is 2. The summed E-state index contributed by atoms with van der Waals surface area (Å²) in [7, 11) is -3.13. The monoisotopic (exact) mass is 1120 g/mol. The quantitative estimate of drug-likeness (QED) is 0.0392. The fourth-order valence-electron chi connectivity index (χ4n) is 13.9. The minimum Gasteiger partial charge on any atom is -0.484 e. The van der Waals surface area contributed by atoms with Gasteiger partial charge in [0.05, 0.1) is 36.0 Å². The van der Waals surface area contributed by atoms with Gasteiger partial charge in [0.15, 0.2) is 30.2 Å². The number of hydrogen-bond acceptors (Lipinski definition) is 16. The van der Waals surface area contributed by atoms with Gasteiger partial charge < -0.3 is 48.4 Å². The number of aliphatic hydroxyl groups is 1. The van der Waals surface area contributed by atoms with Crippen LogP contribution in [0.25, 0.3) is 0 Å². The third-order valence-electron chi connectivity index (χ3n) is 17.6. The second kappa shape index (κ2) is 23.9. The molecule has 4 aliphatic rings. The van der Waals surface area contributed by atoms with E-state index in [4.69, 9.17) is 32.8 Å². The maximum absolute atomic E-state index is 16.4. The number of carboxylic acid groups (broad SMARTS) is 1. The van der Waals surface area contributed by atoms with Crippen LogP contribution in [-0.2, 0) is 61.7 Å². The van der Waals surface area contributed by atoms with Crippen molar-refractivity contribution in [3.8, 4) is 5.75 Å². The van der Waals surface area contributed by atoms with Crippen molar-refractivity contribution in [2.24, 2.45) is 22.7 Å². The number of fused-ring (bicyclic) bond motifs is 5. The molecular formula is C61H77NO17Si. The fourth-order valence-corrected chi connectivity index (χ4v) is 19.4. The molecule has 80 heavy (non-hydrogen) atoms. The Labute approximate surface area is 468 Å². The molecule has 3 aliphatic carbocycles. The van der Waals surface area contributed by atoms with Crippen LogP contribution in [0.4, 0.5) is 0 Å². The normalized spacial score (nSPS) is 27.7. The van der Waals surface area contributed by atoms with Crippen molar-refractivity contribution in [3.05, 3.63) is 113 Å². The summed E-state index contributed by atoms with van der Waals surface area (Å²) in [6.07, 6.45) is -10.2. The Bertz CT molecular complexity index is 2830. The molecule has 2 bridgehead atoms. The van der Waals surface area contributed by atoms with Crippen LogP contribution in [0.2, 0.25) is 16.6 Å². The zero-order chi connectivity index (χ0) is 58.9. The predicted octanol–water partition coefficient (Wildman–Crippen LogP) is 8.39. The summed E-state index contributed by atoms with van der Waals surface area (Å²) in [5.74, 6) is -9.92. The maximum Gasteiger partial charge on any atom is 0.338 e. The van der Waals surface area contributed by atoms with E-state index in [1.165, 1.54) is 19.1 Å². The van der Waals surface area contributed by atoms with Crippen molar-refractivity contribution in [2.75, 3.05) is 13.2 Å². The first-order valence-electron chi connectivity index (χ1n) is 27.5. The molecule has 1 saturated heterocycles. The average Bonchev–Trinajstić information content (AvgIpc) is 2.94. The molecule has 2 saturated carbocycles. The summed E-state index contributed by atoms with van der Waals surface area (Å²) in [6.45, 7) is 19.7. The highest BCUT2D eigenvalue weighted by atomic mass is 28.4. The number of para-hydroxylation sites is 1. The van der Waals surface area contributed by atoms with E-state index in [9.17, 15) is 39.0 Å². The number of esters is 4. The van der Waals surface area contributed by atoms with Crippen LogP contribution in [0.5, 0.6) is 5.75 Å². The van der Waals surface area contributed by atoms with Crippen LogP contribution >= 0.6 is 0 Å². The van der Waals surface area contributed by atoms with Crippen LogP contribution in [0.1, 0.15) is 131 Å². The van der Waals surface area contributed by atoms with E-state index in [2.05, 4.69) is 5.32 Å². The number of nitrogens with one attached hydrogen (secondary N) is 1. The van der Waals surface area contributed by atoms with Crippen LogP contribution in [0, 0.1) is 22.7 Å². The van der Waals surface area contributed by atoms with Gasteiger partial charge >= 0.3 is 29.8 Å². The molecule has 432 valence electrons. The molecule has 7 rings (SSSR count). The van der Waals surface area contributed by atoms with E-state index in [1.54, 1.807) is 93.6 Å². The molecule has 3 aromatic carbocycles.